The Morgan fingerprint density at radius 1 is 1.14 bits per heavy atom. The average molecular weight is 508 g/mol. The van der Waals surface area contributed by atoms with Gasteiger partial charge in [0, 0.05) is 29.1 Å². The molecule has 1 atom stereocenters. The number of fused-ring (bicyclic) bond motifs is 1. The normalized spacial score (nSPS) is 15.8. The van der Waals surface area contributed by atoms with E-state index >= 15 is 0 Å². The lowest BCUT2D eigenvalue weighted by molar-refractivity contribution is 0.478. The average Bonchev–Trinajstić information content (AvgIpc) is 2.89. The summed E-state index contributed by atoms with van der Waals surface area (Å²) in [6.07, 6.45) is 4.94. The van der Waals surface area contributed by atoms with E-state index in [4.69, 9.17) is 16.6 Å². The van der Waals surface area contributed by atoms with Gasteiger partial charge in [0.25, 0.3) is 0 Å². The predicted octanol–water partition coefficient (Wildman–Crippen LogP) is 6.93. The fraction of sp³-hybridized carbons (Fsp3) is 0.259. The highest BCUT2D eigenvalue weighted by molar-refractivity contribution is 8.00. The summed E-state index contributed by atoms with van der Waals surface area (Å²) >= 11 is 7.49. The van der Waals surface area contributed by atoms with Crippen molar-refractivity contribution in [2.24, 2.45) is 0 Å². The molecule has 3 N–H and O–H groups in total. The van der Waals surface area contributed by atoms with Gasteiger partial charge >= 0.3 is 0 Å². The molecule has 0 spiro atoms. The van der Waals surface area contributed by atoms with E-state index in [0.717, 1.165) is 64.8 Å². The van der Waals surface area contributed by atoms with Crippen molar-refractivity contribution in [2.75, 3.05) is 23.1 Å². The molecule has 8 heteroatoms. The van der Waals surface area contributed by atoms with Crippen LogP contribution in [0.5, 0.6) is 0 Å². The molecule has 1 fully saturated rings. The van der Waals surface area contributed by atoms with Gasteiger partial charge in [0.15, 0.2) is 0 Å². The molecule has 0 saturated carbocycles. The van der Waals surface area contributed by atoms with Crippen LogP contribution < -0.4 is 15.4 Å². The third kappa shape index (κ3) is 5.53. The number of hydrogen-bond donors (Lipinski definition) is 3. The molecule has 1 aromatic heterocycles. The monoisotopic (exact) mass is 507 g/mol. The standard InChI is InChI=1S/C27H27ClFN5S/c1-2-17-12-19(13-20-15-31-27(33-26(17)20)32-21-6-5-11-30-16-21)18-9-10-24(23(29)14-18)34-35-25-8-4-3-7-22(25)28/h3-4,7-10,12-15,21,30,34H,2,5-6,11,16H2,1H3,(H,31,32,33). The number of hydrogen-bond acceptors (Lipinski definition) is 6. The number of aromatic nitrogens is 2. The van der Waals surface area contributed by atoms with Crippen LogP contribution in [0.3, 0.4) is 0 Å². The van der Waals surface area contributed by atoms with Gasteiger partial charge in [-0.25, -0.2) is 14.4 Å². The zero-order valence-corrected chi connectivity index (χ0v) is 21.0. The molecule has 0 amide bonds. The number of rotatable bonds is 7. The molecule has 0 radical (unpaired) electrons. The van der Waals surface area contributed by atoms with Gasteiger partial charge in [0.1, 0.15) is 5.82 Å². The Morgan fingerprint density at radius 2 is 2.03 bits per heavy atom. The molecule has 180 valence electrons. The SMILES string of the molecule is CCc1cc(-c2ccc(NSc3ccccc3Cl)c(F)c2)cc2cnc(NC3CCCNC3)nc12. The van der Waals surface area contributed by atoms with Gasteiger partial charge in [-0.1, -0.05) is 36.7 Å². The number of benzene rings is 3. The van der Waals surface area contributed by atoms with E-state index in [2.05, 4.69) is 33.3 Å². The number of aryl methyl sites for hydroxylation is 1. The Balaban J connectivity index is 1.38. The van der Waals surface area contributed by atoms with Crippen molar-refractivity contribution in [1.82, 2.24) is 15.3 Å². The van der Waals surface area contributed by atoms with Crippen molar-refractivity contribution in [2.45, 2.75) is 37.1 Å². The molecule has 1 aliphatic rings. The molecule has 1 saturated heterocycles. The fourth-order valence-electron chi connectivity index (χ4n) is 4.30. The van der Waals surface area contributed by atoms with Gasteiger partial charge in [0.05, 0.1) is 16.2 Å². The Kier molecular flexibility index (Phi) is 7.37. The first kappa shape index (κ1) is 23.9. The van der Waals surface area contributed by atoms with Crippen LogP contribution in [0.2, 0.25) is 5.02 Å². The fourth-order valence-corrected chi connectivity index (χ4v) is 5.25. The van der Waals surface area contributed by atoms with Gasteiger partial charge in [-0.15, -0.1) is 0 Å². The minimum atomic E-state index is -0.322. The van der Waals surface area contributed by atoms with E-state index in [-0.39, 0.29) is 5.82 Å². The van der Waals surface area contributed by atoms with Crippen LogP contribution in [0, 0.1) is 5.82 Å². The molecule has 5 nitrogen and oxygen atoms in total. The predicted molar refractivity (Wildman–Crippen MR) is 145 cm³/mol. The van der Waals surface area contributed by atoms with Crippen molar-refractivity contribution < 1.29 is 4.39 Å². The van der Waals surface area contributed by atoms with Gasteiger partial charge in [-0.3, -0.25) is 0 Å². The first-order chi connectivity index (χ1) is 17.1. The molecule has 1 unspecified atom stereocenters. The maximum absolute atomic E-state index is 15.0. The highest BCUT2D eigenvalue weighted by atomic mass is 35.5. The Labute approximate surface area is 214 Å². The van der Waals surface area contributed by atoms with Crippen molar-refractivity contribution in [3.63, 3.8) is 0 Å². The summed E-state index contributed by atoms with van der Waals surface area (Å²) < 4.78 is 18.0. The topological polar surface area (TPSA) is 61.9 Å². The van der Waals surface area contributed by atoms with E-state index < -0.39 is 0 Å². The lowest BCUT2D eigenvalue weighted by Gasteiger charge is -2.23. The summed E-state index contributed by atoms with van der Waals surface area (Å²) in [6.45, 7) is 4.10. The van der Waals surface area contributed by atoms with Crippen molar-refractivity contribution in [3.05, 3.63) is 77.2 Å². The van der Waals surface area contributed by atoms with E-state index in [0.29, 0.717) is 22.7 Å². The number of nitrogens with one attached hydrogen (secondary N) is 3. The van der Waals surface area contributed by atoms with Crippen LogP contribution in [0.1, 0.15) is 25.3 Å². The smallest absolute Gasteiger partial charge is 0.223 e. The summed E-state index contributed by atoms with van der Waals surface area (Å²) in [5.41, 5.74) is 4.21. The lowest BCUT2D eigenvalue weighted by atomic mass is 9.98. The van der Waals surface area contributed by atoms with Gasteiger partial charge in [-0.05, 0) is 90.8 Å². The van der Waals surface area contributed by atoms with E-state index in [1.165, 1.54) is 11.9 Å². The van der Waals surface area contributed by atoms with Crippen LogP contribution in [0.15, 0.2) is 65.7 Å². The molecular weight excluding hydrogens is 481 g/mol. The summed E-state index contributed by atoms with van der Waals surface area (Å²) in [5.74, 6) is 0.336. The van der Waals surface area contributed by atoms with Crippen LogP contribution in [-0.2, 0) is 6.42 Å². The largest absolute Gasteiger partial charge is 0.350 e. The third-order valence-electron chi connectivity index (χ3n) is 6.18. The Morgan fingerprint density at radius 3 is 2.80 bits per heavy atom. The zero-order chi connectivity index (χ0) is 24.2. The van der Waals surface area contributed by atoms with E-state index in [9.17, 15) is 4.39 Å². The number of piperidine rings is 1. The van der Waals surface area contributed by atoms with Gasteiger partial charge in [-0.2, -0.15) is 0 Å². The second-order valence-electron chi connectivity index (χ2n) is 8.64. The van der Waals surface area contributed by atoms with Crippen molar-refractivity contribution in [1.29, 1.82) is 0 Å². The number of halogens is 2. The highest BCUT2D eigenvalue weighted by Gasteiger charge is 2.15. The molecule has 0 bridgehead atoms. The summed E-state index contributed by atoms with van der Waals surface area (Å²) in [6, 6.07) is 17.2. The molecule has 3 aromatic carbocycles. The molecule has 35 heavy (non-hydrogen) atoms. The van der Waals surface area contributed by atoms with Crippen LogP contribution >= 0.6 is 23.5 Å². The maximum atomic E-state index is 15.0. The minimum absolute atomic E-state index is 0.322. The summed E-state index contributed by atoms with van der Waals surface area (Å²) in [5, 5.41) is 8.44. The third-order valence-corrected chi connectivity index (χ3v) is 7.52. The lowest BCUT2D eigenvalue weighted by Crippen LogP contribution is -2.38. The number of nitrogens with zero attached hydrogens (tertiary/aromatic N) is 2. The molecule has 5 rings (SSSR count). The van der Waals surface area contributed by atoms with E-state index in [1.54, 1.807) is 12.1 Å². The first-order valence-electron chi connectivity index (χ1n) is 11.8. The molecule has 0 aliphatic carbocycles. The Bertz CT molecular complexity index is 1340. The summed E-state index contributed by atoms with van der Waals surface area (Å²) in [7, 11) is 0. The van der Waals surface area contributed by atoms with E-state index in [1.807, 2.05) is 42.6 Å². The molecule has 2 heterocycles. The molecular formula is C27H27ClFN5S. The highest BCUT2D eigenvalue weighted by Crippen LogP contribution is 2.32. The van der Waals surface area contributed by atoms with Crippen LogP contribution in [-0.4, -0.2) is 29.1 Å². The number of anilines is 2. The zero-order valence-electron chi connectivity index (χ0n) is 19.4. The van der Waals surface area contributed by atoms with Crippen LogP contribution in [0.4, 0.5) is 16.0 Å². The second kappa shape index (κ2) is 10.8. The Hall–Kier alpha value is -2.87. The van der Waals surface area contributed by atoms with Gasteiger partial charge < -0.3 is 15.4 Å². The van der Waals surface area contributed by atoms with Gasteiger partial charge in [0.2, 0.25) is 5.95 Å². The maximum Gasteiger partial charge on any atom is 0.223 e. The van der Waals surface area contributed by atoms with Crippen LogP contribution in [0.25, 0.3) is 22.0 Å². The molecule has 1 aliphatic heterocycles. The molecule has 4 aromatic rings. The van der Waals surface area contributed by atoms with Crippen molar-refractivity contribution in [3.8, 4) is 11.1 Å². The van der Waals surface area contributed by atoms with Crippen molar-refractivity contribution >= 4 is 46.1 Å². The quantitative estimate of drug-likeness (QED) is 0.236. The minimum Gasteiger partial charge on any atom is -0.350 e. The second-order valence-corrected chi connectivity index (χ2v) is 9.89. The first-order valence-corrected chi connectivity index (χ1v) is 13.0. The summed E-state index contributed by atoms with van der Waals surface area (Å²) in [4.78, 5) is 10.2.